The Balaban J connectivity index is 2.51. The summed E-state index contributed by atoms with van der Waals surface area (Å²) in [4.78, 5) is 0. The van der Waals surface area contributed by atoms with E-state index in [0.717, 1.165) is 11.4 Å². The molecule has 1 aromatic carbocycles. The molecule has 1 unspecified atom stereocenters. The van der Waals surface area contributed by atoms with Gasteiger partial charge < -0.3 is 15.8 Å². The van der Waals surface area contributed by atoms with Gasteiger partial charge in [-0.2, -0.15) is 0 Å². The highest BCUT2D eigenvalue weighted by Crippen LogP contribution is 2.23. The third kappa shape index (κ3) is 3.73. The first-order valence-electron chi connectivity index (χ1n) is 5.19. The zero-order valence-electron chi connectivity index (χ0n) is 9.66. The van der Waals surface area contributed by atoms with Gasteiger partial charge in [0.2, 0.25) is 0 Å². The molecular formula is C11H18N2O2S. The van der Waals surface area contributed by atoms with Crippen LogP contribution in [0.4, 0.5) is 11.4 Å². The predicted octanol–water partition coefficient (Wildman–Crippen LogP) is 1.46. The van der Waals surface area contributed by atoms with Gasteiger partial charge in [-0.3, -0.25) is 4.21 Å². The number of methoxy groups -OCH3 is 1. The van der Waals surface area contributed by atoms with Gasteiger partial charge >= 0.3 is 0 Å². The van der Waals surface area contributed by atoms with E-state index < -0.39 is 10.8 Å². The van der Waals surface area contributed by atoms with E-state index in [0.29, 0.717) is 23.7 Å². The fourth-order valence-electron chi connectivity index (χ4n) is 1.27. The van der Waals surface area contributed by atoms with E-state index in [1.165, 1.54) is 0 Å². The van der Waals surface area contributed by atoms with Gasteiger partial charge in [-0.25, -0.2) is 0 Å². The molecule has 90 valence electrons. The molecule has 0 fully saturated rings. The number of nitrogen functional groups attached to an aromatic ring is 1. The number of nitrogens with one attached hydrogen (secondary N) is 1. The first-order valence-corrected chi connectivity index (χ1v) is 6.68. The van der Waals surface area contributed by atoms with Crippen LogP contribution in [0.1, 0.15) is 6.92 Å². The van der Waals surface area contributed by atoms with E-state index >= 15 is 0 Å². The molecule has 0 aromatic heterocycles. The lowest BCUT2D eigenvalue weighted by Gasteiger charge is -2.10. The Morgan fingerprint density at radius 1 is 1.50 bits per heavy atom. The number of hydrogen-bond donors (Lipinski definition) is 2. The van der Waals surface area contributed by atoms with E-state index in [-0.39, 0.29) is 0 Å². The topological polar surface area (TPSA) is 64.3 Å². The average molecular weight is 242 g/mol. The Morgan fingerprint density at radius 3 is 2.81 bits per heavy atom. The molecule has 0 saturated carbocycles. The lowest BCUT2D eigenvalue weighted by molar-refractivity contribution is 0.415. The van der Waals surface area contributed by atoms with Crippen molar-refractivity contribution in [3.63, 3.8) is 0 Å². The highest BCUT2D eigenvalue weighted by molar-refractivity contribution is 7.84. The fraction of sp³-hybridized carbons (Fsp3) is 0.455. The quantitative estimate of drug-likeness (QED) is 0.741. The van der Waals surface area contributed by atoms with Crippen molar-refractivity contribution in [2.45, 2.75) is 6.92 Å². The van der Waals surface area contributed by atoms with E-state index in [1.807, 2.05) is 19.1 Å². The molecule has 0 aliphatic rings. The summed E-state index contributed by atoms with van der Waals surface area (Å²) in [6, 6.07) is 5.47. The van der Waals surface area contributed by atoms with Crippen LogP contribution in [-0.4, -0.2) is 29.4 Å². The Hall–Kier alpha value is -1.23. The summed E-state index contributed by atoms with van der Waals surface area (Å²) in [5, 5.41) is 3.16. The number of nitrogens with two attached hydrogens (primary N) is 1. The molecule has 0 aliphatic carbocycles. The Bertz CT molecular complexity index is 369. The van der Waals surface area contributed by atoms with Gasteiger partial charge in [0.1, 0.15) is 5.75 Å². The first kappa shape index (κ1) is 12.8. The molecule has 3 N–H and O–H groups in total. The minimum Gasteiger partial charge on any atom is -0.497 e. The van der Waals surface area contributed by atoms with Gasteiger partial charge in [-0.05, 0) is 12.1 Å². The molecule has 4 nitrogen and oxygen atoms in total. The van der Waals surface area contributed by atoms with E-state index in [9.17, 15) is 4.21 Å². The Morgan fingerprint density at radius 2 is 2.25 bits per heavy atom. The van der Waals surface area contributed by atoms with Crippen LogP contribution in [0.25, 0.3) is 0 Å². The van der Waals surface area contributed by atoms with Crippen LogP contribution < -0.4 is 15.8 Å². The van der Waals surface area contributed by atoms with Crippen molar-refractivity contribution in [2.24, 2.45) is 0 Å². The Labute approximate surface area is 98.6 Å². The van der Waals surface area contributed by atoms with Crippen LogP contribution in [0.2, 0.25) is 0 Å². The summed E-state index contributed by atoms with van der Waals surface area (Å²) in [6.07, 6.45) is 0. The highest BCUT2D eigenvalue weighted by atomic mass is 32.2. The normalized spacial score (nSPS) is 12.1. The van der Waals surface area contributed by atoms with Crippen molar-refractivity contribution in [1.29, 1.82) is 0 Å². The van der Waals surface area contributed by atoms with Crippen LogP contribution in [0.15, 0.2) is 18.2 Å². The van der Waals surface area contributed by atoms with Crippen molar-refractivity contribution in [3.05, 3.63) is 18.2 Å². The average Bonchev–Trinajstić information content (AvgIpc) is 2.30. The number of anilines is 2. The molecule has 0 spiro atoms. The smallest absolute Gasteiger partial charge is 0.121 e. The van der Waals surface area contributed by atoms with Gasteiger partial charge in [0.25, 0.3) is 0 Å². The van der Waals surface area contributed by atoms with Crippen LogP contribution in [0.3, 0.4) is 0 Å². The molecule has 0 bridgehead atoms. The van der Waals surface area contributed by atoms with Crippen LogP contribution in [0.5, 0.6) is 5.75 Å². The van der Waals surface area contributed by atoms with Crippen molar-refractivity contribution >= 4 is 22.2 Å². The largest absolute Gasteiger partial charge is 0.497 e. The van der Waals surface area contributed by atoms with Crippen molar-refractivity contribution in [1.82, 2.24) is 0 Å². The third-order valence-electron chi connectivity index (χ3n) is 2.23. The third-order valence-corrected chi connectivity index (χ3v) is 3.53. The molecule has 0 saturated heterocycles. The molecule has 1 atom stereocenters. The number of ether oxygens (including phenoxy) is 1. The summed E-state index contributed by atoms with van der Waals surface area (Å²) in [5.41, 5.74) is 7.32. The van der Waals surface area contributed by atoms with Gasteiger partial charge in [-0.15, -0.1) is 0 Å². The maximum Gasteiger partial charge on any atom is 0.121 e. The standard InChI is InChI=1S/C11H18N2O2S/c1-3-16(14)7-6-13-11-5-4-9(15-2)8-10(11)12/h4-5,8,13H,3,6-7,12H2,1-2H3. The summed E-state index contributed by atoms with van der Waals surface area (Å²) < 4.78 is 16.3. The van der Waals surface area contributed by atoms with Crippen molar-refractivity contribution in [3.8, 4) is 5.75 Å². The van der Waals surface area contributed by atoms with Gasteiger partial charge in [0.15, 0.2) is 0 Å². The maximum atomic E-state index is 11.2. The maximum absolute atomic E-state index is 11.2. The zero-order chi connectivity index (χ0) is 12.0. The first-order chi connectivity index (χ1) is 7.67. The minimum absolute atomic E-state index is 0.640. The van der Waals surface area contributed by atoms with E-state index in [4.69, 9.17) is 10.5 Å². The van der Waals surface area contributed by atoms with Crippen LogP contribution in [0, 0.1) is 0 Å². The van der Waals surface area contributed by atoms with Gasteiger partial charge in [-0.1, -0.05) is 6.92 Å². The SMILES string of the molecule is CCS(=O)CCNc1ccc(OC)cc1N. The van der Waals surface area contributed by atoms with Crippen molar-refractivity contribution < 1.29 is 8.95 Å². The summed E-state index contributed by atoms with van der Waals surface area (Å²) >= 11 is 0. The molecule has 0 amide bonds. The summed E-state index contributed by atoms with van der Waals surface area (Å²) in [6.45, 7) is 2.58. The monoisotopic (exact) mass is 242 g/mol. The minimum atomic E-state index is -0.741. The molecule has 0 aliphatic heterocycles. The number of rotatable bonds is 6. The molecule has 0 heterocycles. The van der Waals surface area contributed by atoms with E-state index in [1.54, 1.807) is 13.2 Å². The van der Waals surface area contributed by atoms with E-state index in [2.05, 4.69) is 5.32 Å². The lowest BCUT2D eigenvalue weighted by atomic mass is 10.2. The fourth-order valence-corrected chi connectivity index (χ4v) is 1.89. The second-order valence-electron chi connectivity index (χ2n) is 3.31. The number of hydrogen-bond acceptors (Lipinski definition) is 4. The molecule has 0 radical (unpaired) electrons. The molecular weight excluding hydrogens is 224 g/mol. The van der Waals surface area contributed by atoms with Crippen LogP contribution >= 0.6 is 0 Å². The van der Waals surface area contributed by atoms with Gasteiger partial charge in [0.05, 0.1) is 18.5 Å². The lowest BCUT2D eigenvalue weighted by Crippen LogP contribution is -2.12. The second-order valence-corrected chi connectivity index (χ2v) is 5.18. The molecule has 16 heavy (non-hydrogen) atoms. The number of benzene rings is 1. The molecule has 1 aromatic rings. The zero-order valence-corrected chi connectivity index (χ0v) is 10.5. The summed E-state index contributed by atoms with van der Waals surface area (Å²) in [5.74, 6) is 2.07. The molecule has 5 heteroatoms. The van der Waals surface area contributed by atoms with Gasteiger partial charge in [0, 0.05) is 34.9 Å². The predicted molar refractivity (Wildman–Crippen MR) is 69.4 cm³/mol. The van der Waals surface area contributed by atoms with Crippen molar-refractivity contribution in [2.75, 3.05) is 36.2 Å². The highest BCUT2D eigenvalue weighted by Gasteiger charge is 2.01. The second kappa shape index (κ2) is 6.37. The van der Waals surface area contributed by atoms with Crippen LogP contribution in [-0.2, 0) is 10.8 Å². The summed E-state index contributed by atoms with van der Waals surface area (Å²) in [7, 11) is 0.862. The molecule has 1 rings (SSSR count). The Kier molecular flexibility index (Phi) is 5.11.